The Bertz CT molecular complexity index is 1010. The highest BCUT2D eigenvalue weighted by molar-refractivity contribution is 5.98. The summed E-state index contributed by atoms with van der Waals surface area (Å²) in [5.41, 5.74) is 2.25. The largest absolute Gasteiger partial charge is 0.492 e. The molecular weight excluding hydrogens is 385 g/mol. The van der Waals surface area contributed by atoms with Gasteiger partial charge in [-0.2, -0.15) is 19.4 Å². The minimum Gasteiger partial charge on any atom is -0.492 e. The molecule has 0 unspecified atom stereocenters. The van der Waals surface area contributed by atoms with Crippen LogP contribution in [0.2, 0.25) is 0 Å². The van der Waals surface area contributed by atoms with Crippen LogP contribution in [0.1, 0.15) is 35.7 Å². The summed E-state index contributed by atoms with van der Waals surface area (Å²) in [6, 6.07) is 8.67. The van der Waals surface area contributed by atoms with Gasteiger partial charge < -0.3 is 9.64 Å². The Morgan fingerprint density at radius 1 is 1.20 bits per heavy atom. The molecule has 0 aliphatic carbocycles. The molecule has 1 aliphatic heterocycles. The normalized spacial score (nSPS) is 19.0. The summed E-state index contributed by atoms with van der Waals surface area (Å²) in [4.78, 5) is 20.5. The van der Waals surface area contributed by atoms with Crippen LogP contribution in [0.15, 0.2) is 48.9 Å². The van der Waals surface area contributed by atoms with Crippen LogP contribution in [0, 0.1) is 18.8 Å². The molecule has 1 saturated heterocycles. The third-order valence-corrected chi connectivity index (χ3v) is 5.44. The van der Waals surface area contributed by atoms with Gasteiger partial charge in [-0.3, -0.25) is 4.79 Å². The molecule has 1 aliphatic rings. The molecule has 8 heteroatoms. The van der Waals surface area contributed by atoms with Crippen LogP contribution in [0.5, 0.6) is 5.75 Å². The minimum absolute atomic E-state index is 0.0355. The first-order valence-corrected chi connectivity index (χ1v) is 10.0. The Labute approximate surface area is 174 Å². The van der Waals surface area contributed by atoms with Crippen molar-refractivity contribution in [3.05, 3.63) is 66.0 Å². The molecule has 3 aromatic rings. The highest BCUT2D eigenvalue weighted by Crippen LogP contribution is 2.26. The van der Waals surface area contributed by atoms with Crippen molar-refractivity contribution in [2.24, 2.45) is 5.92 Å². The second-order valence-electron chi connectivity index (χ2n) is 7.72. The van der Waals surface area contributed by atoms with Gasteiger partial charge in [-0.05, 0) is 51.0 Å². The number of hydrogen-bond acceptors (Lipinski definition) is 5. The summed E-state index contributed by atoms with van der Waals surface area (Å²) >= 11 is 0. The molecule has 30 heavy (non-hydrogen) atoms. The fourth-order valence-electron chi connectivity index (χ4n) is 3.75. The average Bonchev–Trinajstić information content (AvgIpc) is 3.28. The van der Waals surface area contributed by atoms with Gasteiger partial charge in [0.15, 0.2) is 0 Å². The van der Waals surface area contributed by atoms with Gasteiger partial charge in [0.05, 0.1) is 36.4 Å². The predicted octanol–water partition coefficient (Wildman–Crippen LogP) is 3.43. The zero-order chi connectivity index (χ0) is 21.1. The first-order valence-electron chi connectivity index (χ1n) is 10.0. The van der Waals surface area contributed by atoms with Gasteiger partial charge in [0.25, 0.3) is 5.91 Å². The summed E-state index contributed by atoms with van der Waals surface area (Å²) in [7, 11) is 0. The summed E-state index contributed by atoms with van der Waals surface area (Å²) < 4.78 is 18.7. The highest BCUT2D eigenvalue weighted by Gasteiger charge is 2.31. The number of ether oxygens (including phenoxy) is 1. The number of pyridine rings is 1. The zero-order valence-electron chi connectivity index (χ0n) is 17.0. The molecule has 1 amide bonds. The van der Waals surface area contributed by atoms with E-state index in [0.29, 0.717) is 30.2 Å². The number of rotatable bonds is 5. The van der Waals surface area contributed by atoms with E-state index in [-0.39, 0.29) is 17.9 Å². The van der Waals surface area contributed by atoms with Crippen molar-refractivity contribution in [1.29, 1.82) is 0 Å². The van der Waals surface area contributed by atoms with Gasteiger partial charge in [0.2, 0.25) is 5.95 Å². The molecule has 7 nitrogen and oxygen atoms in total. The van der Waals surface area contributed by atoms with E-state index in [1.807, 2.05) is 30.0 Å². The van der Waals surface area contributed by atoms with Crippen molar-refractivity contribution in [3.8, 4) is 11.4 Å². The molecule has 4 rings (SSSR count). The van der Waals surface area contributed by atoms with Crippen molar-refractivity contribution in [2.75, 3.05) is 13.2 Å². The summed E-state index contributed by atoms with van der Waals surface area (Å²) in [5.74, 6) is 0.141. The van der Waals surface area contributed by atoms with Crippen molar-refractivity contribution in [2.45, 2.75) is 32.7 Å². The second kappa shape index (κ2) is 8.61. The third kappa shape index (κ3) is 4.32. The molecule has 2 aromatic heterocycles. The van der Waals surface area contributed by atoms with Crippen LogP contribution >= 0.6 is 0 Å². The average molecular weight is 409 g/mol. The Morgan fingerprint density at radius 2 is 2.00 bits per heavy atom. The Hall–Kier alpha value is -3.29. The van der Waals surface area contributed by atoms with Gasteiger partial charge in [0, 0.05) is 18.5 Å². The van der Waals surface area contributed by atoms with Crippen molar-refractivity contribution in [3.63, 3.8) is 0 Å². The fraction of sp³-hybridized carbons (Fsp3) is 0.364. The second-order valence-corrected chi connectivity index (χ2v) is 7.72. The standard InChI is InChI=1S/C22H24FN5O2/c1-15-3-7-20(28-25-9-10-26-28)19(11-15)22(29)27-13-17(5-4-16(27)2)14-30-18-6-8-21(23)24-12-18/h3,6-12,16-17H,4-5,13-14H2,1-2H3/t16-,17-/m1/s1. The number of carbonyl (C=O) groups is 1. The van der Waals surface area contributed by atoms with Gasteiger partial charge in [-0.25, -0.2) is 4.98 Å². The summed E-state index contributed by atoms with van der Waals surface area (Å²) in [6.07, 6.45) is 6.41. The SMILES string of the molecule is Cc1ccc(-n2nccn2)c(C(=O)N2C[C@H](COc3ccc(F)nc3)CC[C@H]2C)c1. The maximum Gasteiger partial charge on any atom is 0.256 e. The van der Waals surface area contributed by atoms with Crippen molar-refractivity contribution < 1.29 is 13.9 Å². The fourth-order valence-corrected chi connectivity index (χ4v) is 3.75. The lowest BCUT2D eigenvalue weighted by Gasteiger charge is -2.38. The van der Waals surface area contributed by atoms with Crippen LogP contribution in [0.4, 0.5) is 4.39 Å². The van der Waals surface area contributed by atoms with E-state index in [2.05, 4.69) is 22.1 Å². The van der Waals surface area contributed by atoms with Gasteiger partial charge >= 0.3 is 0 Å². The first-order chi connectivity index (χ1) is 14.5. The summed E-state index contributed by atoms with van der Waals surface area (Å²) in [5, 5.41) is 8.38. The number of piperidine rings is 1. The number of aryl methyl sites for hydroxylation is 1. The van der Waals surface area contributed by atoms with E-state index >= 15 is 0 Å². The maximum atomic E-state index is 13.5. The molecule has 156 valence electrons. The van der Waals surface area contributed by atoms with E-state index in [9.17, 15) is 9.18 Å². The highest BCUT2D eigenvalue weighted by atomic mass is 19.1. The van der Waals surface area contributed by atoms with E-state index in [4.69, 9.17) is 4.74 Å². The number of amides is 1. The van der Waals surface area contributed by atoms with Gasteiger partial charge in [0.1, 0.15) is 5.75 Å². The lowest BCUT2D eigenvalue weighted by molar-refractivity contribution is 0.0504. The minimum atomic E-state index is -0.536. The van der Waals surface area contributed by atoms with Crippen molar-refractivity contribution >= 4 is 5.91 Å². The molecule has 0 radical (unpaired) electrons. The number of benzene rings is 1. The lowest BCUT2D eigenvalue weighted by Crippen LogP contribution is -2.47. The van der Waals surface area contributed by atoms with E-state index in [1.165, 1.54) is 17.1 Å². The van der Waals surface area contributed by atoms with Crippen molar-refractivity contribution in [1.82, 2.24) is 24.9 Å². The van der Waals surface area contributed by atoms with Crippen LogP contribution in [0.25, 0.3) is 5.69 Å². The Kier molecular flexibility index (Phi) is 5.74. The van der Waals surface area contributed by atoms with Crippen LogP contribution < -0.4 is 4.74 Å². The molecule has 2 atom stereocenters. The number of carbonyl (C=O) groups excluding carboxylic acids is 1. The molecular formula is C22H24FN5O2. The van der Waals surface area contributed by atoms with Crippen LogP contribution in [0.3, 0.4) is 0 Å². The number of hydrogen-bond donors (Lipinski definition) is 0. The summed E-state index contributed by atoms with van der Waals surface area (Å²) in [6.45, 7) is 5.07. The van der Waals surface area contributed by atoms with E-state index < -0.39 is 5.95 Å². The smallest absolute Gasteiger partial charge is 0.256 e. The number of nitrogens with zero attached hydrogens (tertiary/aromatic N) is 5. The molecule has 0 spiro atoms. The Morgan fingerprint density at radius 3 is 2.73 bits per heavy atom. The number of aromatic nitrogens is 4. The van der Waals surface area contributed by atoms with Crippen LogP contribution in [-0.4, -0.2) is 50.0 Å². The van der Waals surface area contributed by atoms with Gasteiger partial charge in [-0.15, -0.1) is 0 Å². The molecule has 1 fully saturated rings. The monoisotopic (exact) mass is 409 g/mol. The predicted molar refractivity (Wildman–Crippen MR) is 109 cm³/mol. The van der Waals surface area contributed by atoms with Crippen LogP contribution in [-0.2, 0) is 0 Å². The van der Waals surface area contributed by atoms with E-state index in [1.54, 1.807) is 18.5 Å². The molecule has 0 saturated carbocycles. The molecule has 0 bridgehead atoms. The Balaban J connectivity index is 1.50. The third-order valence-electron chi connectivity index (χ3n) is 5.44. The maximum absolute atomic E-state index is 13.5. The molecule has 0 N–H and O–H groups in total. The molecule has 1 aromatic carbocycles. The van der Waals surface area contributed by atoms with E-state index in [0.717, 1.165) is 18.4 Å². The zero-order valence-corrected chi connectivity index (χ0v) is 17.0. The number of halogens is 1. The number of likely N-dealkylation sites (tertiary alicyclic amines) is 1. The van der Waals surface area contributed by atoms with Gasteiger partial charge in [-0.1, -0.05) is 11.6 Å². The topological polar surface area (TPSA) is 73.1 Å². The molecule has 3 heterocycles. The lowest BCUT2D eigenvalue weighted by atomic mass is 9.93. The quantitative estimate of drug-likeness (QED) is 0.604. The first kappa shape index (κ1) is 20.0.